The summed E-state index contributed by atoms with van der Waals surface area (Å²) >= 11 is 0. The van der Waals surface area contributed by atoms with E-state index >= 15 is 0 Å². The molecular formula is C15H19N3. The first kappa shape index (κ1) is 11.5. The van der Waals surface area contributed by atoms with E-state index in [2.05, 4.69) is 47.7 Å². The molecule has 1 saturated heterocycles. The van der Waals surface area contributed by atoms with Crippen LogP contribution in [0.4, 0.5) is 0 Å². The Morgan fingerprint density at radius 1 is 1.22 bits per heavy atom. The molecule has 3 rings (SSSR count). The molecule has 0 bridgehead atoms. The first-order chi connectivity index (χ1) is 8.68. The van der Waals surface area contributed by atoms with Crippen molar-refractivity contribution in [2.45, 2.75) is 18.8 Å². The maximum absolute atomic E-state index is 4.51. The highest BCUT2D eigenvalue weighted by Crippen LogP contribution is 2.32. The Morgan fingerprint density at radius 3 is 2.44 bits per heavy atom. The molecule has 18 heavy (non-hydrogen) atoms. The van der Waals surface area contributed by atoms with Crippen molar-refractivity contribution in [1.29, 1.82) is 0 Å². The molecule has 1 aromatic heterocycles. The molecule has 0 aliphatic carbocycles. The third kappa shape index (κ3) is 1.95. The second-order valence-electron chi connectivity index (χ2n) is 5.41. The van der Waals surface area contributed by atoms with Gasteiger partial charge in [0.25, 0.3) is 0 Å². The number of benzene rings is 1. The molecule has 1 aliphatic heterocycles. The van der Waals surface area contributed by atoms with E-state index in [9.17, 15) is 0 Å². The fraction of sp³-hybridized carbons (Fsp3) is 0.400. The van der Waals surface area contributed by atoms with Crippen LogP contribution in [0, 0.1) is 6.92 Å². The summed E-state index contributed by atoms with van der Waals surface area (Å²) in [6.45, 7) is 4.23. The molecule has 1 N–H and O–H groups in total. The third-order valence-electron chi connectivity index (χ3n) is 3.88. The van der Waals surface area contributed by atoms with Crippen LogP contribution in [0.25, 0.3) is 0 Å². The molecule has 1 aliphatic rings. The molecule has 0 spiro atoms. The van der Waals surface area contributed by atoms with Gasteiger partial charge in [0.05, 0.1) is 5.69 Å². The molecule has 0 amide bonds. The van der Waals surface area contributed by atoms with E-state index in [0.29, 0.717) is 0 Å². The Hall–Kier alpha value is -1.61. The highest BCUT2D eigenvalue weighted by atomic mass is 15.2. The number of nitrogens with one attached hydrogen (secondary N) is 1. The van der Waals surface area contributed by atoms with Crippen LogP contribution in [0.15, 0.2) is 36.5 Å². The van der Waals surface area contributed by atoms with Crippen LogP contribution in [0.3, 0.4) is 0 Å². The normalized spacial score (nSPS) is 17.4. The lowest BCUT2D eigenvalue weighted by molar-refractivity contribution is 0.272. The summed E-state index contributed by atoms with van der Waals surface area (Å²) in [6.07, 6.45) is 3.04. The van der Waals surface area contributed by atoms with Gasteiger partial charge in [-0.05, 0) is 18.6 Å². The van der Waals surface area contributed by atoms with E-state index in [1.807, 2.05) is 17.9 Å². The van der Waals surface area contributed by atoms with Crippen LogP contribution in [0.1, 0.15) is 16.8 Å². The number of nitrogens with zero attached hydrogens (tertiary/aromatic N) is 2. The Kier molecular flexibility index (Phi) is 2.71. The zero-order chi connectivity index (χ0) is 12.6. The fourth-order valence-corrected chi connectivity index (χ4v) is 2.67. The highest BCUT2D eigenvalue weighted by Gasteiger charge is 2.39. The van der Waals surface area contributed by atoms with Gasteiger partial charge in [-0.25, -0.2) is 0 Å². The molecule has 2 aromatic rings. The van der Waals surface area contributed by atoms with Crippen LogP contribution in [-0.4, -0.2) is 22.9 Å². The first-order valence-electron chi connectivity index (χ1n) is 6.44. The Balaban J connectivity index is 1.88. The van der Waals surface area contributed by atoms with Gasteiger partial charge in [-0.1, -0.05) is 29.8 Å². The molecule has 2 heterocycles. The van der Waals surface area contributed by atoms with Gasteiger partial charge in [-0.3, -0.25) is 4.68 Å². The molecule has 3 heteroatoms. The topological polar surface area (TPSA) is 29.9 Å². The lowest BCUT2D eigenvalue weighted by Gasteiger charge is -2.43. The summed E-state index contributed by atoms with van der Waals surface area (Å²) < 4.78 is 1.88. The van der Waals surface area contributed by atoms with Gasteiger partial charge in [0.15, 0.2) is 0 Å². The summed E-state index contributed by atoms with van der Waals surface area (Å²) in [6, 6.07) is 11.0. The SMILES string of the molecule is Cc1ccc(C2(Cc3ccn(C)n3)CNC2)cc1. The van der Waals surface area contributed by atoms with E-state index in [-0.39, 0.29) is 5.41 Å². The van der Waals surface area contributed by atoms with Crippen molar-refractivity contribution in [3.63, 3.8) is 0 Å². The lowest BCUT2D eigenvalue weighted by Crippen LogP contribution is -2.58. The molecule has 0 atom stereocenters. The van der Waals surface area contributed by atoms with Crippen LogP contribution < -0.4 is 5.32 Å². The van der Waals surface area contributed by atoms with Crippen LogP contribution >= 0.6 is 0 Å². The quantitative estimate of drug-likeness (QED) is 0.888. The molecule has 94 valence electrons. The minimum Gasteiger partial charge on any atom is -0.315 e. The minimum atomic E-state index is 0.238. The second kappa shape index (κ2) is 4.25. The molecule has 0 saturated carbocycles. The van der Waals surface area contributed by atoms with Crippen molar-refractivity contribution in [2.24, 2.45) is 7.05 Å². The lowest BCUT2D eigenvalue weighted by atomic mass is 9.72. The number of hydrogen-bond acceptors (Lipinski definition) is 2. The van der Waals surface area contributed by atoms with Crippen LogP contribution in [0.2, 0.25) is 0 Å². The molecule has 0 unspecified atom stereocenters. The average Bonchev–Trinajstić information content (AvgIpc) is 2.71. The zero-order valence-electron chi connectivity index (χ0n) is 11.0. The summed E-state index contributed by atoms with van der Waals surface area (Å²) in [5.41, 5.74) is 4.17. The number of hydrogen-bond donors (Lipinski definition) is 1. The van der Waals surface area contributed by atoms with Crippen LogP contribution in [0.5, 0.6) is 0 Å². The van der Waals surface area contributed by atoms with Crippen molar-refractivity contribution < 1.29 is 0 Å². The van der Waals surface area contributed by atoms with Crippen molar-refractivity contribution in [3.05, 3.63) is 53.3 Å². The number of aryl methyl sites for hydroxylation is 2. The molecule has 1 aromatic carbocycles. The second-order valence-corrected chi connectivity index (χ2v) is 5.41. The molecular weight excluding hydrogens is 222 g/mol. The predicted octanol–water partition coefficient (Wildman–Crippen LogP) is 1.81. The van der Waals surface area contributed by atoms with Gasteiger partial charge < -0.3 is 5.32 Å². The van der Waals surface area contributed by atoms with Gasteiger partial charge in [0.1, 0.15) is 0 Å². The van der Waals surface area contributed by atoms with E-state index in [1.165, 1.54) is 16.8 Å². The average molecular weight is 241 g/mol. The zero-order valence-corrected chi connectivity index (χ0v) is 11.0. The third-order valence-corrected chi connectivity index (χ3v) is 3.88. The van der Waals surface area contributed by atoms with Crippen molar-refractivity contribution in [1.82, 2.24) is 15.1 Å². The fourth-order valence-electron chi connectivity index (χ4n) is 2.67. The number of rotatable bonds is 3. The van der Waals surface area contributed by atoms with E-state index < -0.39 is 0 Å². The smallest absolute Gasteiger partial charge is 0.0634 e. The Labute approximate surface area is 108 Å². The molecule has 1 fully saturated rings. The highest BCUT2D eigenvalue weighted by molar-refractivity contribution is 5.34. The largest absolute Gasteiger partial charge is 0.315 e. The summed E-state index contributed by atoms with van der Waals surface area (Å²) in [7, 11) is 1.97. The van der Waals surface area contributed by atoms with Gasteiger partial charge in [-0.2, -0.15) is 5.10 Å². The van der Waals surface area contributed by atoms with Gasteiger partial charge >= 0.3 is 0 Å². The van der Waals surface area contributed by atoms with E-state index in [1.54, 1.807) is 0 Å². The molecule has 3 nitrogen and oxygen atoms in total. The van der Waals surface area contributed by atoms with Gasteiger partial charge in [-0.15, -0.1) is 0 Å². The van der Waals surface area contributed by atoms with Crippen molar-refractivity contribution in [3.8, 4) is 0 Å². The van der Waals surface area contributed by atoms with Crippen molar-refractivity contribution in [2.75, 3.05) is 13.1 Å². The summed E-state index contributed by atoms with van der Waals surface area (Å²) in [5, 5.41) is 7.92. The molecule has 0 radical (unpaired) electrons. The standard InChI is InChI=1S/C15H19N3/c1-12-3-5-13(6-4-12)15(10-16-11-15)9-14-7-8-18(2)17-14/h3-8,16H,9-11H2,1-2H3. The summed E-state index contributed by atoms with van der Waals surface area (Å²) in [4.78, 5) is 0. The predicted molar refractivity (Wildman–Crippen MR) is 72.6 cm³/mol. The van der Waals surface area contributed by atoms with Gasteiger partial charge in [0.2, 0.25) is 0 Å². The van der Waals surface area contributed by atoms with E-state index in [0.717, 1.165) is 19.5 Å². The van der Waals surface area contributed by atoms with Crippen molar-refractivity contribution >= 4 is 0 Å². The minimum absolute atomic E-state index is 0.238. The number of aromatic nitrogens is 2. The Bertz CT molecular complexity index is 535. The van der Waals surface area contributed by atoms with Crippen LogP contribution in [-0.2, 0) is 18.9 Å². The Morgan fingerprint density at radius 2 is 1.94 bits per heavy atom. The first-order valence-corrected chi connectivity index (χ1v) is 6.44. The van der Waals surface area contributed by atoms with Gasteiger partial charge in [0, 0.05) is 38.2 Å². The monoisotopic (exact) mass is 241 g/mol. The maximum atomic E-state index is 4.51. The van der Waals surface area contributed by atoms with E-state index in [4.69, 9.17) is 0 Å². The summed E-state index contributed by atoms with van der Waals surface area (Å²) in [5.74, 6) is 0. The maximum Gasteiger partial charge on any atom is 0.0634 e.